The average molecular weight is 493 g/mol. The zero-order chi connectivity index (χ0) is 25.9. The second kappa shape index (κ2) is 10.7. The van der Waals surface area contributed by atoms with Crippen molar-refractivity contribution in [2.45, 2.75) is 25.7 Å². The van der Waals surface area contributed by atoms with Crippen LogP contribution in [0.1, 0.15) is 57.3 Å². The largest absolute Gasteiger partial charge is 0.330 e. The molecule has 0 atom stereocenters. The van der Waals surface area contributed by atoms with Crippen LogP contribution < -0.4 is 11.5 Å². The summed E-state index contributed by atoms with van der Waals surface area (Å²) in [4.78, 5) is 0. The summed E-state index contributed by atoms with van der Waals surface area (Å²) in [5.74, 6) is 6.70. The van der Waals surface area contributed by atoms with E-state index in [2.05, 4.69) is 109 Å². The molecule has 0 amide bonds. The molecule has 186 valence electrons. The van der Waals surface area contributed by atoms with Crippen molar-refractivity contribution in [1.29, 1.82) is 0 Å². The van der Waals surface area contributed by atoms with Crippen molar-refractivity contribution in [1.82, 2.24) is 0 Å². The number of benzene rings is 4. The molecule has 2 aliphatic rings. The quantitative estimate of drug-likeness (QED) is 0.294. The lowest BCUT2D eigenvalue weighted by Gasteiger charge is -2.08. The minimum atomic E-state index is 0.661. The maximum absolute atomic E-state index is 5.95. The molecule has 0 bridgehead atoms. The van der Waals surface area contributed by atoms with Crippen molar-refractivity contribution in [2.75, 3.05) is 13.1 Å². The fraction of sp³-hybridized carbons (Fsp3) is 0.167. The van der Waals surface area contributed by atoms with Gasteiger partial charge in [-0.1, -0.05) is 84.6 Å². The number of hydrogen-bond acceptors (Lipinski definition) is 2. The summed E-state index contributed by atoms with van der Waals surface area (Å²) in [7, 11) is 0. The molecule has 4 N–H and O–H groups in total. The Morgan fingerprint density at radius 3 is 1.29 bits per heavy atom. The van der Waals surface area contributed by atoms with E-state index < -0.39 is 0 Å². The molecule has 2 nitrogen and oxygen atoms in total. The van der Waals surface area contributed by atoms with E-state index in [4.69, 9.17) is 11.5 Å². The van der Waals surface area contributed by atoms with Gasteiger partial charge in [0.1, 0.15) is 0 Å². The Labute approximate surface area is 225 Å². The summed E-state index contributed by atoms with van der Waals surface area (Å²) in [6.45, 7) is 1.32. The molecule has 0 saturated heterocycles. The molecular formula is C36H32N2. The van der Waals surface area contributed by atoms with Gasteiger partial charge in [0, 0.05) is 11.1 Å². The number of fused-ring (bicyclic) bond motifs is 2. The molecule has 0 fully saturated rings. The summed E-state index contributed by atoms with van der Waals surface area (Å²) < 4.78 is 0. The molecule has 0 aromatic heterocycles. The van der Waals surface area contributed by atoms with Crippen molar-refractivity contribution in [3.8, 4) is 11.8 Å². The van der Waals surface area contributed by atoms with Gasteiger partial charge in [-0.15, -0.1) is 0 Å². The molecule has 4 aromatic rings. The Hall–Kier alpha value is -4.16. The second-order valence-corrected chi connectivity index (χ2v) is 10.1. The summed E-state index contributed by atoms with van der Waals surface area (Å²) in [5.41, 5.74) is 27.5. The van der Waals surface area contributed by atoms with E-state index in [0.717, 1.165) is 36.8 Å². The van der Waals surface area contributed by atoms with Gasteiger partial charge in [0.2, 0.25) is 0 Å². The van der Waals surface area contributed by atoms with Gasteiger partial charge in [-0.25, -0.2) is 0 Å². The van der Waals surface area contributed by atoms with Gasteiger partial charge in [-0.2, -0.15) is 0 Å². The lowest BCUT2D eigenvalue weighted by atomic mass is 9.97. The third-order valence-electron chi connectivity index (χ3n) is 7.75. The van der Waals surface area contributed by atoms with Gasteiger partial charge in [-0.05, 0) is 119 Å². The minimum absolute atomic E-state index is 0.661. The van der Waals surface area contributed by atoms with Crippen molar-refractivity contribution in [3.05, 3.63) is 142 Å². The van der Waals surface area contributed by atoms with Crippen LogP contribution >= 0.6 is 0 Å². The number of allylic oxidation sites excluding steroid dienone is 2. The highest BCUT2D eigenvalue weighted by Crippen LogP contribution is 2.41. The van der Waals surface area contributed by atoms with Crippen LogP contribution in [0.3, 0.4) is 0 Å². The molecule has 2 aliphatic carbocycles. The molecule has 0 radical (unpaired) electrons. The molecule has 2 heteroatoms. The van der Waals surface area contributed by atoms with E-state index in [9.17, 15) is 0 Å². The van der Waals surface area contributed by atoms with Crippen LogP contribution in [0.25, 0.3) is 22.3 Å². The Bertz CT molecular complexity index is 1490. The third-order valence-corrected chi connectivity index (χ3v) is 7.75. The van der Waals surface area contributed by atoms with Gasteiger partial charge in [-0.3, -0.25) is 0 Å². The lowest BCUT2D eigenvalue weighted by molar-refractivity contribution is 1.02. The molecule has 0 heterocycles. The Balaban J connectivity index is 1.21. The van der Waals surface area contributed by atoms with Gasteiger partial charge in [0.15, 0.2) is 0 Å². The predicted molar refractivity (Wildman–Crippen MR) is 160 cm³/mol. The van der Waals surface area contributed by atoms with E-state index in [0.29, 0.717) is 13.1 Å². The second-order valence-electron chi connectivity index (χ2n) is 10.1. The highest BCUT2D eigenvalue weighted by atomic mass is 14.5. The highest BCUT2D eigenvalue weighted by Gasteiger charge is 2.22. The highest BCUT2D eigenvalue weighted by molar-refractivity contribution is 5.98. The molecule has 0 aliphatic heterocycles. The zero-order valence-electron chi connectivity index (χ0n) is 21.6. The van der Waals surface area contributed by atoms with Crippen LogP contribution in [-0.2, 0) is 12.8 Å². The van der Waals surface area contributed by atoms with E-state index in [1.54, 1.807) is 0 Å². The normalized spacial score (nSPS) is 13.8. The molecule has 0 unspecified atom stereocenters. The van der Waals surface area contributed by atoms with Crippen LogP contribution in [0.15, 0.2) is 97.1 Å². The molecule has 6 rings (SSSR count). The molecule has 4 aromatic carbocycles. The van der Waals surface area contributed by atoms with E-state index >= 15 is 0 Å². The van der Waals surface area contributed by atoms with Crippen molar-refractivity contribution in [2.24, 2.45) is 11.5 Å². The van der Waals surface area contributed by atoms with Crippen LogP contribution in [0, 0.1) is 11.8 Å². The van der Waals surface area contributed by atoms with E-state index in [-0.39, 0.29) is 0 Å². The summed E-state index contributed by atoms with van der Waals surface area (Å²) in [6, 6.07) is 34.7. The van der Waals surface area contributed by atoms with Crippen molar-refractivity contribution < 1.29 is 0 Å². The first-order valence-electron chi connectivity index (χ1n) is 13.5. The summed E-state index contributed by atoms with van der Waals surface area (Å²) in [6.07, 6.45) is 3.75. The average Bonchev–Trinajstić information content (AvgIpc) is 3.52. The van der Waals surface area contributed by atoms with E-state index in [1.165, 1.54) is 55.7 Å². The number of nitrogens with two attached hydrogens (primary N) is 2. The summed E-state index contributed by atoms with van der Waals surface area (Å²) >= 11 is 0. The molecule has 38 heavy (non-hydrogen) atoms. The Morgan fingerprint density at radius 2 is 0.895 bits per heavy atom. The minimum Gasteiger partial charge on any atom is -0.330 e. The van der Waals surface area contributed by atoms with Gasteiger partial charge < -0.3 is 11.5 Å². The maximum Gasteiger partial charge on any atom is 0.0249 e. The standard InChI is InChI=1S/C36H32N2/c37-21-19-33-31-7-3-1-5-29(31)23-35(33)27-15-11-25(12-16-27)9-10-26-13-17-28(18-14-26)36-24-30-6-2-4-8-32(30)34(36)20-22-38/h1-8,11-18H,19-24,37-38H2. The first-order chi connectivity index (χ1) is 18.7. The SMILES string of the molecule is NCCC1=C(c2ccc(C#Cc3ccc(C4=C(CCN)c5ccccc5C4)cc3)cc2)Cc2ccccc21. The lowest BCUT2D eigenvalue weighted by Crippen LogP contribution is -2.00. The predicted octanol–water partition coefficient (Wildman–Crippen LogP) is 6.72. The topological polar surface area (TPSA) is 52.0 Å². The van der Waals surface area contributed by atoms with Gasteiger partial charge in [0.05, 0.1) is 0 Å². The molecular weight excluding hydrogens is 460 g/mol. The van der Waals surface area contributed by atoms with Crippen LogP contribution in [0.2, 0.25) is 0 Å². The number of rotatable bonds is 6. The fourth-order valence-electron chi connectivity index (χ4n) is 5.92. The van der Waals surface area contributed by atoms with E-state index in [1.807, 2.05) is 0 Å². The third kappa shape index (κ3) is 4.63. The zero-order valence-corrected chi connectivity index (χ0v) is 21.6. The Kier molecular flexibility index (Phi) is 6.80. The first kappa shape index (κ1) is 24.2. The van der Waals surface area contributed by atoms with Gasteiger partial charge in [0.25, 0.3) is 0 Å². The van der Waals surface area contributed by atoms with Crippen LogP contribution in [0.5, 0.6) is 0 Å². The maximum atomic E-state index is 5.95. The smallest absolute Gasteiger partial charge is 0.0249 e. The van der Waals surface area contributed by atoms with Crippen molar-refractivity contribution in [3.63, 3.8) is 0 Å². The van der Waals surface area contributed by atoms with Crippen LogP contribution in [0.4, 0.5) is 0 Å². The first-order valence-corrected chi connectivity index (χ1v) is 13.5. The summed E-state index contributed by atoms with van der Waals surface area (Å²) in [5, 5.41) is 0. The van der Waals surface area contributed by atoms with Gasteiger partial charge >= 0.3 is 0 Å². The number of hydrogen-bond donors (Lipinski definition) is 2. The fourth-order valence-corrected chi connectivity index (χ4v) is 5.92. The molecule has 0 saturated carbocycles. The van der Waals surface area contributed by atoms with Crippen molar-refractivity contribution >= 4 is 22.3 Å². The van der Waals surface area contributed by atoms with Crippen LogP contribution in [-0.4, -0.2) is 13.1 Å². The Morgan fingerprint density at radius 1 is 0.500 bits per heavy atom. The molecule has 0 spiro atoms. The monoisotopic (exact) mass is 492 g/mol.